The van der Waals surface area contributed by atoms with Crippen LogP contribution in [0.2, 0.25) is 0 Å². The van der Waals surface area contributed by atoms with Gasteiger partial charge in [-0.05, 0) is 42.7 Å². The number of carbonyl (C=O) groups is 1. The Kier molecular flexibility index (Phi) is 5.65. The van der Waals surface area contributed by atoms with E-state index in [-0.39, 0.29) is 5.91 Å². The molecule has 0 spiro atoms. The highest BCUT2D eigenvalue weighted by Crippen LogP contribution is 2.32. The Morgan fingerprint density at radius 3 is 3.10 bits per heavy atom. The van der Waals surface area contributed by atoms with Gasteiger partial charge >= 0.3 is 0 Å². The average Bonchev–Trinajstić information content (AvgIpc) is 2.94. The van der Waals surface area contributed by atoms with Crippen molar-refractivity contribution in [3.05, 3.63) is 36.2 Å². The summed E-state index contributed by atoms with van der Waals surface area (Å²) in [4.78, 5) is 18.1. The zero-order valence-corrected chi connectivity index (χ0v) is 13.0. The molecule has 108 valence electrons. The molecule has 2 atom stereocenters. The first-order chi connectivity index (χ1) is 9.70. The predicted octanol–water partition coefficient (Wildman–Crippen LogP) is 3.23. The Labute approximate surface area is 125 Å². The Hall–Kier alpha value is -1.29. The van der Waals surface area contributed by atoms with Gasteiger partial charge < -0.3 is 4.90 Å². The molecule has 0 radical (unpaired) electrons. The van der Waals surface area contributed by atoms with Crippen LogP contribution in [0.1, 0.15) is 31.7 Å². The fourth-order valence-corrected chi connectivity index (χ4v) is 3.73. The van der Waals surface area contributed by atoms with Crippen LogP contribution in [-0.4, -0.2) is 39.9 Å². The van der Waals surface area contributed by atoms with Gasteiger partial charge in [0, 0.05) is 36.8 Å². The van der Waals surface area contributed by atoms with Crippen LogP contribution in [0.3, 0.4) is 0 Å². The van der Waals surface area contributed by atoms with Crippen LogP contribution in [0, 0.1) is 0 Å². The maximum absolute atomic E-state index is 12.2. The summed E-state index contributed by atoms with van der Waals surface area (Å²) in [6.45, 7) is 2.20. The minimum Gasteiger partial charge on any atom is -0.339 e. The van der Waals surface area contributed by atoms with Crippen molar-refractivity contribution in [2.45, 2.75) is 37.5 Å². The van der Waals surface area contributed by atoms with Gasteiger partial charge in [0.05, 0.1) is 0 Å². The van der Waals surface area contributed by atoms with Crippen molar-refractivity contribution in [3.8, 4) is 0 Å². The summed E-state index contributed by atoms with van der Waals surface area (Å²) in [5.74, 6) is 1.25. The number of hydrogen-bond acceptors (Lipinski definition) is 3. The van der Waals surface area contributed by atoms with Gasteiger partial charge in [-0.3, -0.25) is 9.78 Å². The smallest absolute Gasteiger partial charge is 0.246 e. The number of aromatic nitrogens is 1. The third kappa shape index (κ3) is 4.10. The molecule has 1 heterocycles. The Morgan fingerprint density at radius 1 is 1.55 bits per heavy atom. The molecule has 1 amide bonds. The SMILES string of the molecule is CCS[C@H]1CC[C@H](N(C)C(=O)/C=C/c2cccnc2)C1. The lowest BCUT2D eigenvalue weighted by Gasteiger charge is -2.23. The molecule has 0 saturated heterocycles. The normalized spacial score (nSPS) is 22.3. The maximum atomic E-state index is 12.2. The van der Waals surface area contributed by atoms with Gasteiger partial charge in [0.1, 0.15) is 0 Å². The van der Waals surface area contributed by atoms with Crippen LogP contribution in [0.15, 0.2) is 30.6 Å². The van der Waals surface area contributed by atoms with Gasteiger partial charge in [0.25, 0.3) is 0 Å². The minimum atomic E-state index is 0.0843. The quantitative estimate of drug-likeness (QED) is 0.781. The standard InChI is InChI=1S/C16H22N2OS/c1-3-20-15-8-7-14(11-15)18(2)16(19)9-6-13-5-4-10-17-12-13/h4-6,9-10,12,14-15H,3,7-8,11H2,1-2H3/b9-6+/t14-,15-/m0/s1. The summed E-state index contributed by atoms with van der Waals surface area (Å²) in [5, 5.41) is 0.725. The predicted molar refractivity (Wildman–Crippen MR) is 85.6 cm³/mol. The maximum Gasteiger partial charge on any atom is 0.246 e. The van der Waals surface area contributed by atoms with Gasteiger partial charge in [0.2, 0.25) is 5.91 Å². The van der Waals surface area contributed by atoms with E-state index < -0.39 is 0 Å². The summed E-state index contributed by atoms with van der Waals surface area (Å²) in [7, 11) is 1.92. The monoisotopic (exact) mass is 290 g/mol. The Balaban J connectivity index is 1.88. The van der Waals surface area contributed by atoms with E-state index in [2.05, 4.69) is 11.9 Å². The Bertz CT molecular complexity index is 461. The topological polar surface area (TPSA) is 33.2 Å². The van der Waals surface area contributed by atoms with Crippen LogP contribution in [0.4, 0.5) is 0 Å². The van der Waals surface area contributed by atoms with Crippen LogP contribution in [0.25, 0.3) is 6.08 Å². The van der Waals surface area contributed by atoms with E-state index in [0.717, 1.165) is 29.4 Å². The minimum absolute atomic E-state index is 0.0843. The number of amides is 1. The largest absolute Gasteiger partial charge is 0.339 e. The third-order valence-electron chi connectivity index (χ3n) is 3.76. The second-order valence-corrected chi connectivity index (χ2v) is 6.69. The molecule has 1 aliphatic carbocycles. The molecule has 0 unspecified atom stereocenters. The highest BCUT2D eigenvalue weighted by atomic mass is 32.2. The zero-order chi connectivity index (χ0) is 14.4. The highest BCUT2D eigenvalue weighted by molar-refractivity contribution is 7.99. The molecule has 1 aromatic heterocycles. The first-order valence-electron chi connectivity index (χ1n) is 7.17. The van der Waals surface area contributed by atoms with Gasteiger partial charge in [-0.1, -0.05) is 13.0 Å². The number of rotatable bonds is 5. The average molecular weight is 290 g/mol. The number of thioether (sulfide) groups is 1. The van der Waals surface area contributed by atoms with E-state index in [0.29, 0.717) is 6.04 Å². The van der Waals surface area contributed by atoms with E-state index in [1.54, 1.807) is 18.5 Å². The lowest BCUT2D eigenvalue weighted by atomic mass is 10.2. The fraction of sp³-hybridized carbons (Fsp3) is 0.500. The highest BCUT2D eigenvalue weighted by Gasteiger charge is 2.28. The van der Waals surface area contributed by atoms with E-state index in [4.69, 9.17) is 0 Å². The van der Waals surface area contributed by atoms with Crippen molar-refractivity contribution in [1.82, 2.24) is 9.88 Å². The van der Waals surface area contributed by atoms with E-state index >= 15 is 0 Å². The summed E-state index contributed by atoms with van der Waals surface area (Å²) in [6, 6.07) is 4.21. The number of likely N-dealkylation sites (N-methyl/N-ethyl adjacent to an activating group) is 1. The van der Waals surface area contributed by atoms with Crippen molar-refractivity contribution in [3.63, 3.8) is 0 Å². The summed E-state index contributed by atoms with van der Waals surface area (Å²) < 4.78 is 0. The summed E-state index contributed by atoms with van der Waals surface area (Å²) >= 11 is 2.02. The summed E-state index contributed by atoms with van der Waals surface area (Å²) in [6.07, 6.45) is 10.5. The molecule has 1 fully saturated rings. The van der Waals surface area contributed by atoms with Crippen molar-refractivity contribution in [2.24, 2.45) is 0 Å². The van der Waals surface area contributed by atoms with E-state index in [9.17, 15) is 4.79 Å². The molecule has 3 nitrogen and oxygen atoms in total. The second kappa shape index (κ2) is 7.48. The van der Waals surface area contributed by atoms with Crippen LogP contribution in [-0.2, 0) is 4.79 Å². The molecule has 1 aliphatic rings. The van der Waals surface area contributed by atoms with Crippen LogP contribution < -0.4 is 0 Å². The van der Waals surface area contributed by atoms with Crippen LogP contribution >= 0.6 is 11.8 Å². The molecule has 1 saturated carbocycles. The molecule has 4 heteroatoms. The third-order valence-corrected chi connectivity index (χ3v) is 4.99. The molecule has 0 aromatic carbocycles. The molecular formula is C16H22N2OS. The van der Waals surface area contributed by atoms with Crippen LogP contribution in [0.5, 0.6) is 0 Å². The number of nitrogens with zero attached hydrogens (tertiary/aromatic N) is 2. The summed E-state index contributed by atoms with van der Waals surface area (Å²) in [5.41, 5.74) is 0.958. The first-order valence-corrected chi connectivity index (χ1v) is 8.22. The van der Waals surface area contributed by atoms with Gasteiger partial charge in [-0.2, -0.15) is 11.8 Å². The van der Waals surface area contributed by atoms with Crippen molar-refractivity contribution in [2.75, 3.05) is 12.8 Å². The number of hydrogen-bond donors (Lipinski definition) is 0. The Morgan fingerprint density at radius 2 is 2.40 bits per heavy atom. The fourth-order valence-electron chi connectivity index (χ4n) is 2.60. The van der Waals surface area contributed by atoms with Crippen molar-refractivity contribution in [1.29, 1.82) is 0 Å². The van der Waals surface area contributed by atoms with Crippen molar-refractivity contribution >= 4 is 23.7 Å². The molecule has 20 heavy (non-hydrogen) atoms. The van der Waals surface area contributed by atoms with Gasteiger partial charge in [-0.25, -0.2) is 0 Å². The molecule has 0 aliphatic heterocycles. The lowest BCUT2D eigenvalue weighted by Crippen LogP contribution is -2.34. The van der Waals surface area contributed by atoms with E-state index in [1.165, 1.54) is 6.42 Å². The number of pyridine rings is 1. The zero-order valence-electron chi connectivity index (χ0n) is 12.2. The molecular weight excluding hydrogens is 268 g/mol. The van der Waals surface area contributed by atoms with Gasteiger partial charge in [0.15, 0.2) is 0 Å². The van der Waals surface area contributed by atoms with Gasteiger partial charge in [-0.15, -0.1) is 0 Å². The molecule has 0 N–H and O–H groups in total. The van der Waals surface area contributed by atoms with Crippen molar-refractivity contribution < 1.29 is 4.79 Å². The second-order valence-electron chi connectivity index (χ2n) is 5.11. The molecule has 2 rings (SSSR count). The van der Waals surface area contributed by atoms with E-state index in [1.807, 2.05) is 41.9 Å². The lowest BCUT2D eigenvalue weighted by molar-refractivity contribution is -0.126. The number of carbonyl (C=O) groups excluding carboxylic acids is 1. The molecule has 1 aromatic rings. The first kappa shape index (κ1) is 15.1. The molecule has 0 bridgehead atoms.